The number of hydrogen-bond acceptors (Lipinski definition) is 4. The first-order chi connectivity index (χ1) is 10.3. The van der Waals surface area contributed by atoms with Crippen LogP contribution < -0.4 is 14.2 Å². The first kappa shape index (κ1) is 13.2. The highest BCUT2D eigenvalue weighted by Gasteiger charge is 2.14. The first-order valence-corrected chi connectivity index (χ1v) is 6.52. The zero-order valence-electron chi connectivity index (χ0n) is 11.5. The minimum Gasteiger partial charge on any atom is -0.497 e. The summed E-state index contributed by atoms with van der Waals surface area (Å²) in [7, 11) is 1.62. The van der Waals surface area contributed by atoms with Crippen LogP contribution in [0.2, 0.25) is 0 Å². The number of rotatable bonds is 4. The van der Waals surface area contributed by atoms with Crippen LogP contribution in [0.25, 0.3) is 6.08 Å². The second kappa shape index (κ2) is 5.71. The highest BCUT2D eigenvalue weighted by molar-refractivity contribution is 6.07. The average molecular weight is 282 g/mol. The molecule has 2 aromatic carbocycles. The molecule has 3 rings (SSSR count). The van der Waals surface area contributed by atoms with E-state index in [4.69, 9.17) is 14.2 Å². The van der Waals surface area contributed by atoms with Crippen LogP contribution in [0.3, 0.4) is 0 Å². The molecule has 4 heteroatoms. The van der Waals surface area contributed by atoms with E-state index in [0.717, 1.165) is 11.3 Å². The molecule has 0 fully saturated rings. The van der Waals surface area contributed by atoms with E-state index in [1.54, 1.807) is 37.5 Å². The summed E-state index contributed by atoms with van der Waals surface area (Å²) in [6, 6.07) is 12.7. The maximum absolute atomic E-state index is 12.1. The second-order valence-corrected chi connectivity index (χ2v) is 4.54. The molecule has 0 aliphatic carbocycles. The van der Waals surface area contributed by atoms with Gasteiger partial charge in [-0.05, 0) is 42.0 Å². The molecule has 4 nitrogen and oxygen atoms in total. The van der Waals surface area contributed by atoms with Gasteiger partial charge in [0, 0.05) is 5.56 Å². The van der Waals surface area contributed by atoms with Gasteiger partial charge in [-0.3, -0.25) is 4.79 Å². The number of hydrogen-bond donors (Lipinski definition) is 0. The Bertz CT molecular complexity index is 686. The van der Waals surface area contributed by atoms with Crippen LogP contribution in [-0.2, 0) is 0 Å². The summed E-state index contributed by atoms with van der Waals surface area (Å²) < 4.78 is 15.6. The normalized spacial score (nSPS) is 12.6. The van der Waals surface area contributed by atoms with Gasteiger partial charge in [0.05, 0.1) is 7.11 Å². The van der Waals surface area contributed by atoms with Gasteiger partial charge in [-0.25, -0.2) is 0 Å². The fourth-order valence-electron chi connectivity index (χ4n) is 2.03. The van der Waals surface area contributed by atoms with Gasteiger partial charge < -0.3 is 14.2 Å². The smallest absolute Gasteiger partial charge is 0.231 e. The first-order valence-electron chi connectivity index (χ1n) is 6.52. The monoisotopic (exact) mass is 282 g/mol. The summed E-state index contributed by atoms with van der Waals surface area (Å²) in [5, 5.41) is 0. The molecule has 0 saturated carbocycles. The molecule has 0 aromatic heterocycles. The molecule has 0 unspecified atom stereocenters. The van der Waals surface area contributed by atoms with Gasteiger partial charge in [-0.1, -0.05) is 18.2 Å². The molecule has 1 aliphatic heterocycles. The lowest BCUT2D eigenvalue weighted by Crippen LogP contribution is -1.94. The Hall–Kier alpha value is -2.75. The van der Waals surface area contributed by atoms with E-state index in [0.29, 0.717) is 17.1 Å². The molecule has 106 valence electrons. The maximum Gasteiger partial charge on any atom is 0.231 e. The quantitative estimate of drug-likeness (QED) is 0.637. The Balaban J connectivity index is 1.74. The largest absolute Gasteiger partial charge is 0.497 e. The molecule has 1 aliphatic rings. The van der Waals surface area contributed by atoms with Crippen molar-refractivity contribution in [2.75, 3.05) is 13.9 Å². The standard InChI is InChI=1S/C17H14O4/c1-19-14-6-2-12(3-7-14)4-8-15(18)13-5-9-16-17(10-13)21-11-20-16/h2-10H,11H2,1H3/b8-4+. The summed E-state index contributed by atoms with van der Waals surface area (Å²) in [6.45, 7) is 0.203. The Kier molecular flexibility index (Phi) is 3.60. The predicted octanol–water partition coefficient (Wildman–Crippen LogP) is 3.32. The summed E-state index contributed by atoms with van der Waals surface area (Å²) in [6.07, 6.45) is 3.31. The van der Waals surface area contributed by atoms with Gasteiger partial charge in [0.2, 0.25) is 6.79 Å². The van der Waals surface area contributed by atoms with Gasteiger partial charge in [0.15, 0.2) is 17.3 Å². The third-order valence-corrected chi connectivity index (χ3v) is 3.20. The number of fused-ring (bicyclic) bond motifs is 1. The van der Waals surface area contributed by atoms with E-state index >= 15 is 0 Å². The number of ether oxygens (including phenoxy) is 3. The van der Waals surface area contributed by atoms with Crippen LogP contribution in [0.15, 0.2) is 48.5 Å². The molecule has 0 N–H and O–H groups in total. The number of methoxy groups -OCH3 is 1. The second-order valence-electron chi connectivity index (χ2n) is 4.54. The minimum absolute atomic E-state index is 0.0795. The van der Waals surface area contributed by atoms with Crippen molar-refractivity contribution >= 4 is 11.9 Å². The molecule has 0 radical (unpaired) electrons. The number of carbonyl (C=O) groups excluding carboxylic acids is 1. The van der Waals surface area contributed by atoms with Crippen molar-refractivity contribution in [1.82, 2.24) is 0 Å². The Morgan fingerprint density at radius 2 is 1.86 bits per heavy atom. The highest BCUT2D eigenvalue weighted by atomic mass is 16.7. The molecule has 1 heterocycles. The fourth-order valence-corrected chi connectivity index (χ4v) is 2.03. The third kappa shape index (κ3) is 2.89. The van der Waals surface area contributed by atoms with Gasteiger partial charge in [0.1, 0.15) is 5.75 Å². The fraction of sp³-hybridized carbons (Fsp3) is 0.118. The summed E-state index contributed by atoms with van der Waals surface area (Å²) in [4.78, 5) is 12.1. The summed E-state index contributed by atoms with van der Waals surface area (Å²) in [5.74, 6) is 1.99. The van der Waals surface area contributed by atoms with Gasteiger partial charge in [0.25, 0.3) is 0 Å². The zero-order valence-corrected chi connectivity index (χ0v) is 11.5. The van der Waals surface area contributed by atoms with Crippen LogP contribution in [0.5, 0.6) is 17.2 Å². The van der Waals surface area contributed by atoms with Crippen LogP contribution in [0.4, 0.5) is 0 Å². The number of carbonyl (C=O) groups is 1. The Morgan fingerprint density at radius 1 is 1.10 bits per heavy atom. The molecule has 21 heavy (non-hydrogen) atoms. The van der Waals surface area contributed by atoms with Crippen LogP contribution in [-0.4, -0.2) is 19.7 Å². The van der Waals surface area contributed by atoms with Crippen LogP contribution in [0, 0.1) is 0 Å². The van der Waals surface area contributed by atoms with Gasteiger partial charge >= 0.3 is 0 Å². The SMILES string of the molecule is COc1ccc(/C=C/C(=O)c2ccc3c(c2)OCO3)cc1. The summed E-state index contributed by atoms with van der Waals surface area (Å²) in [5.41, 5.74) is 1.51. The lowest BCUT2D eigenvalue weighted by molar-refractivity contribution is 0.104. The van der Waals surface area contributed by atoms with E-state index in [1.807, 2.05) is 24.3 Å². The topological polar surface area (TPSA) is 44.8 Å². The number of ketones is 1. The van der Waals surface area contributed by atoms with Crippen molar-refractivity contribution in [2.24, 2.45) is 0 Å². The van der Waals surface area contributed by atoms with Crippen molar-refractivity contribution in [3.63, 3.8) is 0 Å². The molecular formula is C17H14O4. The molecule has 2 aromatic rings. The van der Waals surface area contributed by atoms with Gasteiger partial charge in [-0.2, -0.15) is 0 Å². The molecule has 0 atom stereocenters. The predicted molar refractivity (Wildman–Crippen MR) is 78.9 cm³/mol. The highest BCUT2D eigenvalue weighted by Crippen LogP contribution is 2.32. The van der Waals surface area contributed by atoms with Crippen LogP contribution in [0.1, 0.15) is 15.9 Å². The number of allylic oxidation sites excluding steroid dienone is 1. The minimum atomic E-state index is -0.0795. The average Bonchev–Trinajstić information content (AvgIpc) is 3.00. The van der Waals surface area contributed by atoms with Crippen molar-refractivity contribution < 1.29 is 19.0 Å². The Morgan fingerprint density at radius 3 is 2.62 bits per heavy atom. The van der Waals surface area contributed by atoms with Crippen molar-refractivity contribution in [1.29, 1.82) is 0 Å². The van der Waals surface area contributed by atoms with Crippen molar-refractivity contribution in [3.8, 4) is 17.2 Å². The van der Waals surface area contributed by atoms with Crippen LogP contribution >= 0.6 is 0 Å². The maximum atomic E-state index is 12.1. The van der Waals surface area contributed by atoms with E-state index in [9.17, 15) is 4.79 Å². The third-order valence-electron chi connectivity index (χ3n) is 3.20. The lowest BCUT2D eigenvalue weighted by atomic mass is 10.1. The molecule has 0 spiro atoms. The van der Waals surface area contributed by atoms with E-state index in [1.165, 1.54) is 0 Å². The Labute approximate surface area is 122 Å². The summed E-state index contributed by atoms with van der Waals surface area (Å²) >= 11 is 0. The van der Waals surface area contributed by atoms with Crippen molar-refractivity contribution in [3.05, 3.63) is 59.7 Å². The van der Waals surface area contributed by atoms with E-state index in [2.05, 4.69) is 0 Å². The molecule has 0 saturated heterocycles. The lowest BCUT2D eigenvalue weighted by Gasteiger charge is -2.00. The van der Waals surface area contributed by atoms with Crippen molar-refractivity contribution in [2.45, 2.75) is 0 Å². The van der Waals surface area contributed by atoms with E-state index < -0.39 is 0 Å². The molecule has 0 bridgehead atoms. The van der Waals surface area contributed by atoms with E-state index in [-0.39, 0.29) is 12.6 Å². The molecular weight excluding hydrogens is 268 g/mol. The molecule has 0 amide bonds. The zero-order chi connectivity index (χ0) is 14.7. The van der Waals surface area contributed by atoms with Gasteiger partial charge in [-0.15, -0.1) is 0 Å². The number of benzene rings is 2.